The number of rotatable bonds is 3. The van der Waals surface area contributed by atoms with E-state index >= 15 is 0 Å². The van der Waals surface area contributed by atoms with Crippen LogP contribution in [0, 0.1) is 12.7 Å². The monoisotopic (exact) mass is 427 g/mol. The lowest BCUT2D eigenvalue weighted by Crippen LogP contribution is -2.26. The smallest absolute Gasteiger partial charge is 0.322 e. The Labute approximate surface area is 147 Å². The Bertz CT molecular complexity index is 791. The lowest BCUT2D eigenvalue weighted by molar-refractivity contribution is -0.141. The molecule has 2 rings (SSSR count). The number of alkyl halides is 3. The van der Waals surface area contributed by atoms with Crippen molar-refractivity contribution >= 4 is 39.1 Å². The average molecular weight is 429 g/mol. The molecule has 1 N–H and O–H groups in total. The second kappa shape index (κ2) is 6.72. The molecule has 0 bridgehead atoms. The zero-order valence-corrected chi connectivity index (χ0v) is 14.7. The van der Waals surface area contributed by atoms with Crippen LogP contribution >= 0.6 is 27.5 Å². The topological polar surface area (TPSA) is 46.9 Å². The molecule has 0 aliphatic heterocycles. The van der Waals surface area contributed by atoms with Gasteiger partial charge in [0.05, 0.1) is 16.4 Å². The zero-order valence-electron chi connectivity index (χ0n) is 12.4. The van der Waals surface area contributed by atoms with Crippen LogP contribution in [0.25, 0.3) is 0 Å². The minimum atomic E-state index is -4.74. The number of hydrogen-bond acceptors (Lipinski definition) is 2. The Morgan fingerprint density at radius 3 is 2.54 bits per heavy atom. The fourth-order valence-electron chi connectivity index (χ4n) is 2.00. The van der Waals surface area contributed by atoms with E-state index in [4.69, 9.17) is 11.6 Å². The molecule has 4 nitrogen and oxygen atoms in total. The van der Waals surface area contributed by atoms with Crippen molar-refractivity contribution in [3.63, 3.8) is 0 Å². The molecule has 0 fully saturated rings. The van der Waals surface area contributed by atoms with Crippen molar-refractivity contribution in [3.05, 3.63) is 44.9 Å². The molecular formula is C14H11BrClF4N3O. The molecular weight excluding hydrogens is 418 g/mol. The Morgan fingerprint density at radius 1 is 1.42 bits per heavy atom. The molecule has 1 aromatic heterocycles. The van der Waals surface area contributed by atoms with Gasteiger partial charge in [0, 0.05) is 4.47 Å². The quantitative estimate of drug-likeness (QED) is 0.702. The Kier molecular flexibility index (Phi) is 5.24. The van der Waals surface area contributed by atoms with Gasteiger partial charge in [-0.15, -0.1) is 0 Å². The highest BCUT2D eigenvalue weighted by Gasteiger charge is 2.39. The number of carbonyl (C=O) groups excluding carboxylic acids is 1. The van der Waals surface area contributed by atoms with Crippen LogP contribution in [0.1, 0.15) is 24.4 Å². The molecule has 0 saturated heterocycles. The first-order valence-electron chi connectivity index (χ1n) is 6.60. The van der Waals surface area contributed by atoms with Crippen LogP contribution in [-0.2, 0) is 11.0 Å². The third-order valence-electron chi connectivity index (χ3n) is 3.28. The third-order valence-corrected chi connectivity index (χ3v) is 4.23. The maximum absolute atomic E-state index is 13.7. The summed E-state index contributed by atoms with van der Waals surface area (Å²) in [5.74, 6) is -1.41. The Balaban J connectivity index is 2.28. The van der Waals surface area contributed by atoms with Crippen molar-refractivity contribution in [2.45, 2.75) is 26.1 Å². The molecule has 2 aromatic rings. The van der Waals surface area contributed by atoms with Crippen molar-refractivity contribution < 1.29 is 22.4 Å². The molecule has 1 aromatic carbocycles. The standard InChI is InChI=1S/C14H11BrClF4N3O/c1-6-11(16)12(14(18,19)20)22-23(6)7(2)13(24)21-10-4-3-8(15)5-9(10)17/h3-5,7H,1-2H3,(H,21,24). The number of nitrogens with one attached hydrogen (secondary N) is 1. The number of halogens is 6. The highest BCUT2D eigenvalue weighted by Crippen LogP contribution is 2.36. The van der Waals surface area contributed by atoms with E-state index in [-0.39, 0.29) is 11.4 Å². The highest BCUT2D eigenvalue weighted by molar-refractivity contribution is 9.10. The summed E-state index contributed by atoms with van der Waals surface area (Å²) in [5.41, 5.74) is -1.37. The zero-order chi connectivity index (χ0) is 18.2. The van der Waals surface area contributed by atoms with Crippen molar-refractivity contribution in [1.82, 2.24) is 9.78 Å². The van der Waals surface area contributed by atoms with Crippen LogP contribution in [0.15, 0.2) is 22.7 Å². The average Bonchev–Trinajstić information content (AvgIpc) is 2.77. The summed E-state index contributed by atoms with van der Waals surface area (Å²) in [6.07, 6.45) is -4.74. The van der Waals surface area contributed by atoms with Gasteiger partial charge in [0.15, 0.2) is 5.69 Å². The van der Waals surface area contributed by atoms with E-state index in [9.17, 15) is 22.4 Å². The fourth-order valence-corrected chi connectivity index (χ4v) is 2.56. The summed E-state index contributed by atoms with van der Waals surface area (Å²) in [7, 11) is 0. The number of benzene rings is 1. The van der Waals surface area contributed by atoms with Crippen molar-refractivity contribution in [1.29, 1.82) is 0 Å². The van der Waals surface area contributed by atoms with Crippen molar-refractivity contribution in [2.24, 2.45) is 0 Å². The first kappa shape index (κ1) is 18.7. The molecule has 0 radical (unpaired) electrons. The summed E-state index contributed by atoms with van der Waals surface area (Å²) in [4.78, 5) is 12.2. The Morgan fingerprint density at radius 2 is 2.04 bits per heavy atom. The number of nitrogens with zero attached hydrogens (tertiary/aromatic N) is 2. The van der Waals surface area contributed by atoms with Crippen LogP contribution in [0.4, 0.5) is 23.2 Å². The SMILES string of the molecule is Cc1c(Cl)c(C(F)(F)F)nn1C(C)C(=O)Nc1ccc(Br)cc1F. The first-order chi connectivity index (χ1) is 11.0. The van der Waals surface area contributed by atoms with Gasteiger partial charge in [-0.1, -0.05) is 27.5 Å². The van der Waals surface area contributed by atoms with Crippen molar-refractivity contribution in [2.75, 3.05) is 5.32 Å². The van der Waals surface area contributed by atoms with Gasteiger partial charge in [-0.3, -0.25) is 9.48 Å². The van der Waals surface area contributed by atoms with Gasteiger partial charge in [-0.2, -0.15) is 18.3 Å². The number of aromatic nitrogens is 2. The summed E-state index contributed by atoms with van der Waals surface area (Å²) in [5, 5.41) is 5.12. The Hall–Kier alpha value is -1.61. The maximum atomic E-state index is 13.7. The van der Waals surface area contributed by atoms with Crippen LogP contribution in [0.2, 0.25) is 5.02 Å². The molecule has 1 amide bonds. The van der Waals surface area contributed by atoms with Gasteiger partial charge in [-0.25, -0.2) is 4.39 Å². The number of hydrogen-bond donors (Lipinski definition) is 1. The van der Waals surface area contributed by atoms with E-state index in [0.29, 0.717) is 4.47 Å². The van der Waals surface area contributed by atoms with Crippen LogP contribution in [0.3, 0.4) is 0 Å². The van der Waals surface area contributed by atoms with Gasteiger partial charge in [0.2, 0.25) is 5.91 Å². The molecule has 130 valence electrons. The molecule has 0 saturated carbocycles. The summed E-state index contributed by atoms with van der Waals surface area (Å²) < 4.78 is 53.6. The maximum Gasteiger partial charge on any atom is 0.436 e. The molecule has 24 heavy (non-hydrogen) atoms. The largest absolute Gasteiger partial charge is 0.436 e. The molecule has 10 heteroatoms. The lowest BCUT2D eigenvalue weighted by Gasteiger charge is -2.15. The van der Waals surface area contributed by atoms with Crippen LogP contribution < -0.4 is 5.32 Å². The van der Waals surface area contributed by atoms with Gasteiger partial charge >= 0.3 is 6.18 Å². The van der Waals surface area contributed by atoms with E-state index < -0.39 is 34.7 Å². The number of carbonyl (C=O) groups is 1. The van der Waals surface area contributed by atoms with Crippen molar-refractivity contribution in [3.8, 4) is 0 Å². The highest BCUT2D eigenvalue weighted by atomic mass is 79.9. The first-order valence-corrected chi connectivity index (χ1v) is 7.77. The van der Waals surface area contributed by atoms with Gasteiger partial charge in [0.1, 0.15) is 11.9 Å². The minimum Gasteiger partial charge on any atom is -0.322 e. The van der Waals surface area contributed by atoms with E-state index in [1.807, 2.05) is 0 Å². The molecule has 0 aliphatic rings. The summed E-state index contributed by atoms with van der Waals surface area (Å²) in [6, 6.07) is 2.87. The molecule has 1 unspecified atom stereocenters. The molecule has 1 atom stereocenters. The van der Waals surface area contributed by atoms with Crippen LogP contribution in [-0.4, -0.2) is 15.7 Å². The second-order valence-electron chi connectivity index (χ2n) is 4.98. The van der Waals surface area contributed by atoms with E-state index in [0.717, 1.165) is 10.7 Å². The number of amides is 1. The predicted octanol–water partition coefficient (Wildman–Crippen LogP) is 4.97. The van der Waals surface area contributed by atoms with Crippen LogP contribution in [0.5, 0.6) is 0 Å². The van der Waals surface area contributed by atoms with Gasteiger partial charge < -0.3 is 5.32 Å². The van der Waals surface area contributed by atoms with E-state index in [2.05, 4.69) is 26.3 Å². The molecule has 1 heterocycles. The van der Waals surface area contributed by atoms with Gasteiger partial charge in [0.25, 0.3) is 0 Å². The minimum absolute atomic E-state index is 0.0112. The third kappa shape index (κ3) is 3.72. The molecule has 0 spiro atoms. The van der Waals surface area contributed by atoms with E-state index in [1.54, 1.807) is 0 Å². The van der Waals surface area contributed by atoms with E-state index in [1.165, 1.54) is 26.0 Å². The predicted molar refractivity (Wildman–Crippen MR) is 84.4 cm³/mol. The van der Waals surface area contributed by atoms with Gasteiger partial charge in [-0.05, 0) is 32.0 Å². The number of anilines is 1. The fraction of sp³-hybridized carbons (Fsp3) is 0.286. The second-order valence-corrected chi connectivity index (χ2v) is 6.27. The summed E-state index contributed by atoms with van der Waals surface area (Å²) in [6.45, 7) is 2.65. The molecule has 0 aliphatic carbocycles. The summed E-state index contributed by atoms with van der Waals surface area (Å²) >= 11 is 8.73. The normalized spacial score (nSPS) is 13.0. The lowest BCUT2D eigenvalue weighted by atomic mass is 10.2.